The first-order chi connectivity index (χ1) is 16.1. The van der Waals surface area contributed by atoms with Crippen molar-refractivity contribution in [2.24, 2.45) is 0 Å². The van der Waals surface area contributed by atoms with Crippen molar-refractivity contribution in [1.29, 1.82) is 0 Å². The van der Waals surface area contributed by atoms with Gasteiger partial charge < -0.3 is 24.3 Å². The minimum Gasteiger partial charge on any atom is -0.497 e. The van der Waals surface area contributed by atoms with Gasteiger partial charge in [-0.15, -0.1) is 0 Å². The number of thiocarbonyl (C=S) groups is 1. The molecule has 2 aliphatic rings. The van der Waals surface area contributed by atoms with Crippen LogP contribution in [0, 0.1) is 13.8 Å². The minimum atomic E-state index is -0.0232. The van der Waals surface area contributed by atoms with Crippen LogP contribution in [0.4, 0.5) is 0 Å². The van der Waals surface area contributed by atoms with Crippen LogP contribution >= 0.6 is 12.2 Å². The second kappa shape index (κ2) is 9.15. The predicted molar refractivity (Wildman–Crippen MR) is 133 cm³/mol. The number of benzene rings is 1. The third kappa shape index (κ3) is 4.11. The molecule has 2 aliphatic heterocycles. The summed E-state index contributed by atoms with van der Waals surface area (Å²) in [5, 5.41) is 4.33. The Morgan fingerprint density at radius 1 is 1.18 bits per heavy atom. The summed E-state index contributed by atoms with van der Waals surface area (Å²) in [5.74, 6) is 0.852. The summed E-state index contributed by atoms with van der Waals surface area (Å²) in [5.41, 5.74) is 5.75. The second-order valence-corrected chi connectivity index (χ2v) is 9.16. The van der Waals surface area contributed by atoms with Gasteiger partial charge in [0, 0.05) is 36.4 Å². The summed E-state index contributed by atoms with van der Waals surface area (Å²) in [6, 6.07) is 16.6. The first kappa shape index (κ1) is 21.9. The highest BCUT2D eigenvalue weighted by molar-refractivity contribution is 7.80. The highest BCUT2D eigenvalue weighted by Gasteiger charge is 2.42. The fourth-order valence-corrected chi connectivity index (χ4v) is 5.48. The molecule has 0 spiro atoms. The molecule has 0 bridgehead atoms. The lowest BCUT2D eigenvalue weighted by Crippen LogP contribution is -2.36. The molecule has 7 heteroatoms. The Morgan fingerprint density at radius 3 is 2.67 bits per heavy atom. The third-order valence-corrected chi connectivity index (χ3v) is 7.09. The lowest BCUT2D eigenvalue weighted by Gasteiger charge is -2.30. The number of aromatic nitrogens is 2. The molecule has 5 rings (SSSR count). The molecule has 0 aliphatic carbocycles. The summed E-state index contributed by atoms with van der Waals surface area (Å²) >= 11 is 5.84. The maximum atomic E-state index is 5.98. The normalized spacial score (nSPS) is 22.6. The van der Waals surface area contributed by atoms with Gasteiger partial charge >= 0.3 is 0 Å². The van der Waals surface area contributed by atoms with Crippen LogP contribution in [0.25, 0.3) is 5.69 Å². The van der Waals surface area contributed by atoms with Gasteiger partial charge in [-0.3, -0.25) is 4.98 Å². The average molecular weight is 463 g/mol. The van der Waals surface area contributed by atoms with Crippen molar-refractivity contribution in [2.75, 3.05) is 20.3 Å². The van der Waals surface area contributed by atoms with E-state index in [1.54, 1.807) is 7.11 Å². The van der Waals surface area contributed by atoms with Crippen LogP contribution in [0.5, 0.6) is 5.75 Å². The van der Waals surface area contributed by atoms with Crippen molar-refractivity contribution >= 4 is 17.3 Å². The Balaban J connectivity index is 1.57. The monoisotopic (exact) mass is 462 g/mol. The lowest BCUT2D eigenvalue weighted by molar-refractivity contribution is 0.0842. The molecular weight excluding hydrogens is 432 g/mol. The number of rotatable bonds is 6. The number of pyridine rings is 1. The van der Waals surface area contributed by atoms with E-state index in [-0.39, 0.29) is 18.2 Å². The van der Waals surface area contributed by atoms with Crippen LogP contribution in [0.1, 0.15) is 47.6 Å². The van der Waals surface area contributed by atoms with Gasteiger partial charge in [-0.25, -0.2) is 0 Å². The molecule has 0 radical (unpaired) electrons. The van der Waals surface area contributed by atoms with Gasteiger partial charge in [-0.2, -0.15) is 0 Å². The zero-order valence-electron chi connectivity index (χ0n) is 19.3. The number of methoxy groups -OCH3 is 1. The van der Waals surface area contributed by atoms with Gasteiger partial charge in [0.15, 0.2) is 5.11 Å². The number of hydrogen-bond acceptors (Lipinski definition) is 4. The fourth-order valence-electron chi connectivity index (χ4n) is 5.16. The number of aryl methyl sites for hydroxylation is 1. The molecule has 2 aromatic heterocycles. The number of nitrogens with one attached hydrogen (secondary N) is 1. The molecule has 1 N–H and O–H groups in total. The maximum absolute atomic E-state index is 5.98. The molecule has 1 aromatic carbocycles. The SMILES string of the molecule is COc1ccc(-n2c(C)cc([C@@H]3[C@@H](c4ccccn4)NC(=S)N3C[C@H]3CCCO3)c2C)cc1. The van der Waals surface area contributed by atoms with Gasteiger partial charge in [0.25, 0.3) is 0 Å². The highest BCUT2D eigenvalue weighted by Crippen LogP contribution is 2.42. The van der Waals surface area contributed by atoms with Crippen LogP contribution in [0.2, 0.25) is 0 Å². The summed E-state index contributed by atoms with van der Waals surface area (Å²) in [6.07, 6.45) is 4.24. The zero-order chi connectivity index (χ0) is 22.9. The van der Waals surface area contributed by atoms with Crippen LogP contribution < -0.4 is 10.1 Å². The fraction of sp³-hybridized carbons (Fsp3) is 0.385. The van der Waals surface area contributed by atoms with Gasteiger partial charge in [-0.1, -0.05) is 6.07 Å². The number of hydrogen-bond donors (Lipinski definition) is 1. The Morgan fingerprint density at radius 2 is 2.00 bits per heavy atom. The van der Waals surface area contributed by atoms with Gasteiger partial charge in [0.2, 0.25) is 0 Å². The van der Waals surface area contributed by atoms with Crippen LogP contribution in [-0.2, 0) is 4.74 Å². The molecule has 2 fully saturated rings. The number of nitrogens with zero attached hydrogens (tertiary/aromatic N) is 3. The van der Waals surface area contributed by atoms with E-state index in [1.165, 1.54) is 17.0 Å². The molecule has 4 heterocycles. The molecule has 2 saturated heterocycles. The Bertz CT molecular complexity index is 1120. The molecule has 33 heavy (non-hydrogen) atoms. The molecule has 3 atom stereocenters. The van der Waals surface area contributed by atoms with Crippen molar-refractivity contribution in [2.45, 2.75) is 44.9 Å². The summed E-state index contributed by atoms with van der Waals surface area (Å²) in [6.45, 7) is 5.96. The summed E-state index contributed by atoms with van der Waals surface area (Å²) in [4.78, 5) is 6.98. The zero-order valence-corrected chi connectivity index (χ0v) is 20.1. The van der Waals surface area contributed by atoms with Crippen LogP contribution in [0.15, 0.2) is 54.7 Å². The van der Waals surface area contributed by atoms with Crippen LogP contribution in [0.3, 0.4) is 0 Å². The summed E-state index contributed by atoms with van der Waals surface area (Å²) in [7, 11) is 1.69. The third-order valence-electron chi connectivity index (χ3n) is 6.74. The van der Waals surface area contributed by atoms with Gasteiger partial charge in [0.05, 0.1) is 31.0 Å². The van der Waals surface area contributed by atoms with Crippen molar-refractivity contribution in [3.8, 4) is 11.4 Å². The first-order valence-corrected chi connectivity index (χ1v) is 11.9. The maximum Gasteiger partial charge on any atom is 0.170 e. The first-order valence-electron chi connectivity index (χ1n) is 11.5. The lowest BCUT2D eigenvalue weighted by atomic mass is 9.96. The van der Waals surface area contributed by atoms with E-state index >= 15 is 0 Å². The van der Waals surface area contributed by atoms with Crippen molar-refractivity contribution < 1.29 is 9.47 Å². The Labute approximate surface area is 200 Å². The number of ether oxygens (including phenoxy) is 2. The Hall–Kier alpha value is -2.90. The molecular formula is C26H30N4O2S. The molecule has 0 amide bonds. The van der Waals surface area contributed by atoms with Crippen LogP contribution in [-0.4, -0.2) is 45.9 Å². The van der Waals surface area contributed by atoms with E-state index in [0.717, 1.165) is 48.2 Å². The van der Waals surface area contributed by atoms with E-state index in [0.29, 0.717) is 0 Å². The van der Waals surface area contributed by atoms with Crippen molar-refractivity contribution in [3.05, 3.63) is 77.4 Å². The smallest absolute Gasteiger partial charge is 0.170 e. The molecule has 0 unspecified atom stereocenters. The average Bonchev–Trinajstić information content (AvgIpc) is 3.54. The molecule has 3 aromatic rings. The van der Waals surface area contributed by atoms with Crippen molar-refractivity contribution in [3.63, 3.8) is 0 Å². The van der Waals surface area contributed by atoms with E-state index < -0.39 is 0 Å². The minimum absolute atomic E-state index is 0.0232. The van der Waals surface area contributed by atoms with Gasteiger partial charge in [0.1, 0.15) is 5.75 Å². The molecule has 0 saturated carbocycles. The van der Waals surface area contributed by atoms with Gasteiger partial charge in [-0.05, 0) is 86.9 Å². The Kier molecular flexibility index (Phi) is 6.08. The predicted octanol–water partition coefficient (Wildman–Crippen LogP) is 4.65. The highest BCUT2D eigenvalue weighted by atomic mass is 32.1. The summed E-state index contributed by atoms with van der Waals surface area (Å²) < 4.78 is 13.6. The molecule has 172 valence electrons. The molecule has 6 nitrogen and oxygen atoms in total. The second-order valence-electron chi connectivity index (χ2n) is 8.77. The van der Waals surface area contributed by atoms with E-state index in [9.17, 15) is 0 Å². The topological polar surface area (TPSA) is 51.5 Å². The largest absolute Gasteiger partial charge is 0.497 e. The van der Waals surface area contributed by atoms with E-state index in [4.69, 9.17) is 21.7 Å². The quantitative estimate of drug-likeness (QED) is 0.538. The van der Waals surface area contributed by atoms with E-state index in [2.05, 4.69) is 57.9 Å². The van der Waals surface area contributed by atoms with E-state index in [1.807, 2.05) is 30.5 Å². The van der Waals surface area contributed by atoms with Crippen molar-refractivity contribution in [1.82, 2.24) is 19.8 Å². The standard InChI is InChI=1S/C26H30N4O2S/c1-17-15-22(18(2)30(17)19-9-11-20(31-3)12-10-19)25-24(23-8-4-5-13-27-23)28-26(33)29(25)16-21-7-6-14-32-21/h4-5,8-13,15,21,24-25H,6-7,14,16H2,1-3H3,(H,28,33)/t21-,24-,25-/m1/s1.